The zero-order chi connectivity index (χ0) is 33.0. The molecule has 0 N–H and O–H groups in total. The van der Waals surface area contributed by atoms with Crippen LogP contribution in [0.1, 0.15) is 99.9 Å². The molecule has 2 aliphatic rings. The fourth-order valence-corrected chi connectivity index (χ4v) is 17.9. The molecule has 0 heterocycles. The molecular formula is C45H52Cl2Zr. The Kier molecular flexibility index (Phi) is 11.6. The summed E-state index contributed by atoms with van der Waals surface area (Å²) < 4.78 is 4.04. The van der Waals surface area contributed by atoms with Gasteiger partial charge in [-0.25, -0.2) is 0 Å². The van der Waals surface area contributed by atoms with Gasteiger partial charge < -0.3 is 24.8 Å². The van der Waals surface area contributed by atoms with E-state index in [-0.39, 0.29) is 41.1 Å². The summed E-state index contributed by atoms with van der Waals surface area (Å²) in [5.74, 6) is 0. The quantitative estimate of drug-likeness (QED) is 0.229. The van der Waals surface area contributed by atoms with Crippen LogP contribution in [-0.2, 0) is 50.4 Å². The Labute approximate surface area is 311 Å². The number of rotatable bonds is 6. The smallest absolute Gasteiger partial charge is 1.00 e. The van der Waals surface area contributed by atoms with Crippen molar-refractivity contribution in [2.24, 2.45) is 0 Å². The summed E-state index contributed by atoms with van der Waals surface area (Å²) in [6.07, 6.45) is 11.8. The van der Waals surface area contributed by atoms with E-state index in [1.54, 1.807) is 17.6 Å². The molecule has 250 valence electrons. The van der Waals surface area contributed by atoms with Crippen molar-refractivity contribution in [3.05, 3.63) is 148 Å². The van der Waals surface area contributed by atoms with E-state index >= 15 is 0 Å². The molecule has 0 unspecified atom stereocenters. The first-order valence-electron chi connectivity index (χ1n) is 17.2. The fraction of sp³-hybridized carbons (Fsp3) is 0.356. The van der Waals surface area contributed by atoms with Crippen LogP contribution in [0.25, 0.3) is 11.1 Å². The number of hydrogen-bond acceptors (Lipinski definition) is 0. The molecule has 2 aliphatic carbocycles. The van der Waals surface area contributed by atoms with E-state index in [1.807, 2.05) is 0 Å². The van der Waals surface area contributed by atoms with Gasteiger partial charge in [0.1, 0.15) is 0 Å². The van der Waals surface area contributed by atoms with Gasteiger partial charge in [-0.1, -0.05) is 0 Å². The maximum absolute atomic E-state index is 2.72. The van der Waals surface area contributed by atoms with Crippen LogP contribution in [0.5, 0.6) is 0 Å². The summed E-state index contributed by atoms with van der Waals surface area (Å²) in [5, 5.41) is 0. The first-order chi connectivity index (χ1) is 21.7. The van der Waals surface area contributed by atoms with E-state index in [0.29, 0.717) is 3.63 Å². The SMILES string of the molecule is Cc1cc2c(cc1C(C)(C)C)-c1cc(C(C)(C)C)c(C)[c]([Zr+2](=[C](Cc3ccccc3)C(C)(C)c3ccccc3)[CH]3C=CC=C3)c1C2.[Cl-].[Cl-]. The Morgan fingerprint density at radius 2 is 1.23 bits per heavy atom. The predicted octanol–water partition coefficient (Wildman–Crippen LogP) is 5.03. The Bertz CT molecular complexity index is 1870. The summed E-state index contributed by atoms with van der Waals surface area (Å²) in [7, 11) is 0. The van der Waals surface area contributed by atoms with E-state index in [0.717, 1.165) is 12.8 Å². The number of fused-ring (bicyclic) bond motifs is 3. The third kappa shape index (κ3) is 7.27. The predicted molar refractivity (Wildman–Crippen MR) is 198 cm³/mol. The van der Waals surface area contributed by atoms with E-state index in [1.165, 1.54) is 44.5 Å². The molecule has 6 rings (SSSR count). The summed E-state index contributed by atoms with van der Waals surface area (Å²) in [6.45, 7) is 24.2. The monoisotopic (exact) mass is 752 g/mol. The maximum atomic E-state index is 2.60. The minimum atomic E-state index is -2.72. The maximum Gasteiger partial charge on any atom is -1.00 e. The Morgan fingerprint density at radius 1 is 0.688 bits per heavy atom. The third-order valence-corrected chi connectivity index (χ3v) is 19.7. The van der Waals surface area contributed by atoms with Gasteiger partial charge in [0.05, 0.1) is 0 Å². The minimum absolute atomic E-state index is 0. The summed E-state index contributed by atoms with van der Waals surface area (Å²) >= 11 is -2.72. The van der Waals surface area contributed by atoms with Crippen LogP contribution in [0.15, 0.2) is 103 Å². The molecule has 0 aliphatic heterocycles. The Morgan fingerprint density at radius 3 is 1.79 bits per heavy atom. The molecule has 0 atom stereocenters. The van der Waals surface area contributed by atoms with Crippen molar-refractivity contribution in [2.75, 3.05) is 0 Å². The molecule has 0 amide bonds. The van der Waals surface area contributed by atoms with Crippen LogP contribution in [0.2, 0.25) is 3.63 Å². The van der Waals surface area contributed by atoms with E-state index in [9.17, 15) is 0 Å². The molecule has 0 aromatic heterocycles. The van der Waals surface area contributed by atoms with E-state index in [2.05, 4.69) is 172 Å². The van der Waals surface area contributed by atoms with Gasteiger partial charge in [0.25, 0.3) is 0 Å². The fourth-order valence-electron chi connectivity index (χ4n) is 8.19. The van der Waals surface area contributed by atoms with E-state index < -0.39 is 21.3 Å². The average Bonchev–Trinajstić information content (AvgIpc) is 3.65. The number of hydrogen-bond donors (Lipinski definition) is 0. The van der Waals surface area contributed by atoms with Gasteiger partial charge in [-0.05, 0) is 0 Å². The molecule has 4 aromatic carbocycles. The van der Waals surface area contributed by atoms with Crippen LogP contribution < -0.4 is 28.1 Å². The topological polar surface area (TPSA) is 0 Å². The van der Waals surface area contributed by atoms with Crippen LogP contribution >= 0.6 is 0 Å². The number of halogens is 2. The molecule has 0 saturated heterocycles. The van der Waals surface area contributed by atoms with Crippen molar-refractivity contribution in [3.63, 3.8) is 0 Å². The number of allylic oxidation sites excluding steroid dienone is 4. The van der Waals surface area contributed by atoms with Crippen LogP contribution in [0.3, 0.4) is 0 Å². The zero-order valence-corrected chi connectivity index (χ0v) is 34.5. The van der Waals surface area contributed by atoms with E-state index in [4.69, 9.17) is 0 Å². The molecule has 0 radical (unpaired) electrons. The molecular weight excluding hydrogens is 703 g/mol. The second kappa shape index (κ2) is 14.5. The van der Waals surface area contributed by atoms with Gasteiger partial charge in [0, 0.05) is 0 Å². The van der Waals surface area contributed by atoms with Crippen LogP contribution in [0, 0.1) is 13.8 Å². The molecule has 48 heavy (non-hydrogen) atoms. The van der Waals surface area contributed by atoms with Crippen molar-refractivity contribution >= 4 is 6.48 Å². The van der Waals surface area contributed by atoms with Gasteiger partial charge in [-0.15, -0.1) is 0 Å². The summed E-state index contributed by atoms with van der Waals surface area (Å²) in [6, 6.07) is 30.3. The summed E-state index contributed by atoms with van der Waals surface area (Å²) in [4.78, 5) is 0. The second-order valence-corrected chi connectivity index (χ2v) is 22.7. The molecule has 0 fully saturated rings. The molecule has 0 nitrogen and oxygen atoms in total. The third-order valence-electron chi connectivity index (χ3n) is 10.6. The van der Waals surface area contributed by atoms with Crippen molar-refractivity contribution in [1.82, 2.24) is 0 Å². The molecule has 0 spiro atoms. The largest absolute Gasteiger partial charge is 1.00 e. The summed E-state index contributed by atoms with van der Waals surface area (Å²) in [5.41, 5.74) is 15.1. The van der Waals surface area contributed by atoms with Crippen LogP contribution in [0.4, 0.5) is 0 Å². The minimum Gasteiger partial charge on any atom is -1.00 e. The van der Waals surface area contributed by atoms with Gasteiger partial charge in [0.2, 0.25) is 0 Å². The Balaban J connectivity index is 0.00000260. The molecule has 3 heteroatoms. The zero-order valence-electron chi connectivity index (χ0n) is 30.6. The number of benzene rings is 4. The van der Waals surface area contributed by atoms with Crippen LogP contribution in [-0.4, -0.2) is 3.21 Å². The number of aryl methyl sites for hydroxylation is 1. The molecule has 0 bridgehead atoms. The van der Waals surface area contributed by atoms with Crippen molar-refractivity contribution in [2.45, 2.75) is 102 Å². The first-order valence-corrected chi connectivity index (χ1v) is 21.1. The van der Waals surface area contributed by atoms with Gasteiger partial charge in [-0.2, -0.15) is 0 Å². The average molecular weight is 755 g/mol. The molecule has 0 saturated carbocycles. The van der Waals surface area contributed by atoms with Crippen molar-refractivity contribution < 1.29 is 46.1 Å². The van der Waals surface area contributed by atoms with Crippen molar-refractivity contribution in [1.29, 1.82) is 0 Å². The second-order valence-electron chi connectivity index (χ2n) is 16.3. The first kappa shape index (κ1) is 38.5. The van der Waals surface area contributed by atoms with Gasteiger partial charge >= 0.3 is 288 Å². The van der Waals surface area contributed by atoms with Gasteiger partial charge in [-0.3, -0.25) is 0 Å². The molecule has 4 aromatic rings. The van der Waals surface area contributed by atoms with Crippen molar-refractivity contribution in [3.8, 4) is 11.1 Å². The normalized spacial score (nSPS) is 14.2. The standard InChI is InChI=1S/C23H29.C17H18.C5H5.2ClH.Zr/c1-14-9-16-11-17-10-15(2)21(23(6,7)8)13-19(17)18(16)12-20(14)22(3,4)5;1-17(2,16-11-7-4-8-12-16)14-13-15-9-5-3-6-10-15;1-2-4-5-3-1;;;/h9,12-13H,11H2,1-8H3;3-12H,13H2,1-2H3;1-5H;2*1H;/q;;;;;+2/p-2. The Hall–Kier alpha value is -2.31. The van der Waals surface area contributed by atoms with Gasteiger partial charge in [0.15, 0.2) is 0 Å².